The van der Waals surface area contributed by atoms with Crippen molar-refractivity contribution in [3.63, 3.8) is 0 Å². The molecule has 0 bridgehead atoms. The van der Waals surface area contributed by atoms with Crippen LogP contribution >= 0.6 is 0 Å². The fraction of sp³-hybridized carbons (Fsp3) is 1.00. The molecule has 1 atom stereocenters. The third kappa shape index (κ3) is 1.75. The first-order valence-corrected chi connectivity index (χ1v) is 5.73. The number of rotatable bonds is 2. The summed E-state index contributed by atoms with van der Waals surface area (Å²) in [7, 11) is 0. The molecule has 1 aliphatic heterocycles. The van der Waals surface area contributed by atoms with E-state index in [9.17, 15) is 0 Å². The first-order chi connectivity index (χ1) is 6.37. The third-order valence-corrected chi connectivity index (χ3v) is 3.97. The fourth-order valence-electron chi connectivity index (χ4n) is 3.26. The maximum absolute atomic E-state index is 9.01. The van der Waals surface area contributed by atoms with Crippen LogP contribution in [0.5, 0.6) is 0 Å². The predicted octanol–water partition coefficient (Wildman–Crippen LogP) is 1.68. The van der Waals surface area contributed by atoms with Crippen molar-refractivity contribution in [1.29, 1.82) is 0 Å². The lowest BCUT2D eigenvalue weighted by molar-refractivity contribution is 0.160. The summed E-state index contributed by atoms with van der Waals surface area (Å²) in [6.45, 7) is 1.54. The van der Waals surface area contributed by atoms with Gasteiger partial charge in [-0.15, -0.1) is 0 Å². The highest BCUT2D eigenvalue weighted by Gasteiger charge is 2.42. The topological polar surface area (TPSA) is 32.3 Å². The molecule has 0 aromatic rings. The Morgan fingerprint density at radius 2 is 2.00 bits per heavy atom. The van der Waals surface area contributed by atoms with Gasteiger partial charge in [-0.2, -0.15) is 0 Å². The van der Waals surface area contributed by atoms with Crippen molar-refractivity contribution in [2.24, 2.45) is 5.92 Å². The van der Waals surface area contributed by atoms with Crippen molar-refractivity contribution in [3.05, 3.63) is 0 Å². The maximum atomic E-state index is 9.01. The molecule has 1 heterocycles. The number of aliphatic hydroxyl groups is 1. The van der Waals surface area contributed by atoms with Gasteiger partial charge in [-0.3, -0.25) is 0 Å². The van der Waals surface area contributed by atoms with Crippen LogP contribution in [0.3, 0.4) is 0 Å². The van der Waals surface area contributed by atoms with Crippen LogP contribution in [0.2, 0.25) is 0 Å². The van der Waals surface area contributed by atoms with Gasteiger partial charge in [0.25, 0.3) is 0 Å². The second kappa shape index (κ2) is 3.97. The molecule has 1 spiro atoms. The Hall–Kier alpha value is -0.0800. The monoisotopic (exact) mass is 183 g/mol. The van der Waals surface area contributed by atoms with E-state index in [4.69, 9.17) is 5.11 Å². The van der Waals surface area contributed by atoms with Crippen molar-refractivity contribution < 1.29 is 5.11 Å². The number of hydrogen-bond acceptors (Lipinski definition) is 2. The molecule has 76 valence electrons. The molecule has 1 saturated heterocycles. The highest BCUT2D eigenvalue weighted by atomic mass is 16.3. The van der Waals surface area contributed by atoms with Crippen molar-refractivity contribution in [2.45, 2.75) is 50.5 Å². The Labute approximate surface area is 80.7 Å². The molecule has 1 aliphatic carbocycles. The lowest BCUT2D eigenvalue weighted by Crippen LogP contribution is -2.46. The molecule has 2 nitrogen and oxygen atoms in total. The number of nitrogens with one attached hydrogen (secondary N) is 1. The SMILES string of the molecule is OCCC1CCNC12CCCCC2. The molecule has 0 radical (unpaired) electrons. The average molecular weight is 183 g/mol. The van der Waals surface area contributed by atoms with E-state index in [0.717, 1.165) is 12.3 Å². The number of hydrogen-bond donors (Lipinski definition) is 2. The average Bonchev–Trinajstić information content (AvgIpc) is 2.52. The number of aliphatic hydroxyl groups excluding tert-OH is 1. The summed E-state index contributed by atoms with van der Waals surface area (Å²) in [5.74, 6) is 0.748. The predicted molar refractivity (Wildman–Crippen MR) is 53.6 cm³/mol. The standard InChI is InChI=1S/C11H21NO/c13-9-5-10-4-8-12-11(10)6-2-1-3-7-11/h10,12-13H,1-9H2. The largest absolute Gasteiger partial charge is 0.396 e. The molecule has 1 saturated carbocycles. The Bertz CT molecular complexity index is 163. The van der Waals surface area contributed by atoms with Crippen LogP contribution in [0, 0.1) is 5.92 Å². The zero-order chi connectivity index (χ0) is 9.15. The van der Waals surface area contributed by atoms with Gasteiger partial charge in [-0.05, 0) is 38.1 Å². The van der Waals surface area contributed by atoms with Crippen molar-refractivity contribution in [1.82, 2.24) is 5.32 Å². The van der Waals surface area contributed by atoms with Crippen molar-refractivity contribution in [3.8, 4) is 0 Å². The second-order valence-electron chi connectivity index (χ2n) is 4.64. The molecular weight excluding hydrogens is 162 g/mol. The van der Waals surface area contributed by atoms with Crippen LogP contribution in [0.1, 0.15) is 44.9 Å². The van der Waals surface area contributed by atoms with Crippen LogP contribution in [-0.4, -0.2) is 23.8 Å². The van der Waals surface area contributed by atoms with Crippen LogP contribution in [-0.2, 0) is 0 Å². The van der Waals surface area contributed by atoms with Gasteiger partial charge in [0, 0.05) is 12.1 Å². The Morgan fingerprint density at radius 3 is 2.69 bits per heavy atom. The summed E-state index contributed by atoms with van der Waals surface area (Å²) >= 11 is 0. The van der Waals surface area contributed by atoms with E-state index in [1.165, 1.54) is 45.1 Å². The summed E-state index contributed by atoms with van der Waals surface area (Å²) in [6.07, 6.45) is 9.15. The minimum absolute atomic E-state index is 0.369. The van der Waals surface area contributed by atoms with Crippen LogP contribution in [0.25, 0.3) is 0 Å². The van der Waals surface area contributed by atoms with E-state index >= 15 is 0 Å². The highest BCUT2D eigenvalue weighted by molar-refractivity contribution is 5.00. The summed E-state index contributed by atoms with van der Waals surface area (Å²) in [5.41, 5.74) is 0.432. The van der Waals surface area contributed by atoms with E-state index in [-0.39, 0.29) is 0 Å². The van der Waals surface area contributed by atoms with Crippen molar-refractivity contribution in [2.75, 3.05) is 13.2 Å². The molecule has 1 unspecified atom stereocenters. The molecule has 13 heavy (non-hydrogen) atoms. The highest BCUT2D eigenvalue weighted by Crippen LogP contribution is 2.40. The van der Waals surface area contributed by atoms with E-state index in [1.807, 2.05) is 0 Å². The van der Waals surface area contributed by atoms with Gasteiger partial charge in [-0.1, -0.05) is 19.3 Å². The molecule has 2 rings (SSSR count). The van der Waals surface area contributed by atoms with Gasteiger partial charge in [-0.25, -0.2) is 0 Å². The van der Waals surface area contributed by atoms with Gasteiger partial charge in [0.1, 0.15) is 0 Å². The quantitative estimate of drug-likeness (QED) is 0.682. The van der Waals surface area contributed by atoms with Gasteiger partial charge in [0.2, 0.25) is 0 Å². The second-order valence-corrected chi connectivity index (χ2v) is 4.64. The van der Waals surface area contributed by atoms with Crippen LogP contribution in [0.15, 0.2) is 0 Å². The zero-order valence-electron chi connectivity index (χ0n) is 8.39. The van der Waals surface area contributed by atoms with Gasteiger partial charge >= 0.3 is 0 Å². The smallest absolute Gasteiger partial charge is 0.0434 e. The van der Waals surface area contributed by atoms with Crippen LogP contribution < -0.4 is 5.32 Å². The molecule has 2 N–H and O–H groups in total. The molecule has 2 heteroatoms. The van der Waals surface area contributed by atoms with Gasteiger partial charge in [0.15, 0.2) is 0 Å². The zero-order valence-corrected chi connectivity index (χ0v) is 8.39. The van der Waals surface area contributed by atoms with Gasteiger partial charge < -0.3 is 10.4 Å². The summed E-state index contributed by atoms with van der Waals surface area (Å²) in [4.78, 5) is 0. The lowest BCUT2D eigenvalue weighted by atomic mass is 9.73. The van der Waals surface area contributed by atoms with E-state index in [1.54, 1.807) is 0 Å². The first-order valence-electron chi connectivity index (χ1n) is 5.73. The molecule has 0 amide bonds. The molecule has 0 aromatic carbocycles. The minimum atomic E-state index is 0.369. The normalized spacial score (nSPS) is 32.5. The van der Waals surface area contributed by atoms with E-state index in [2.05, 4.69) is 5.32 Å². The fourth-order valence-corrected chi connectivity index (χ4v) is 3.26. The van der Waals surface area contributed by atoms with Gasteiger partial charge in [0.05, 0.1) is 0 Å². The maximum Gasteiger partial charge on any atom is 0.0434 e. The first kappa shape index (κ1) is 9.47. The van der Waals surface area contributed by atoms with Crippen LogP contribution in [0.4, 0.5) is 0 Å². The Morgan fingerprint density at radius 1 is 1.23 bits per heavy atom. The molecule has 2 aliphatic rings. The Kier molecular flexibility index (Phi) is 2.89. The summed E-state index contributed by atoms with van der Waals surface area (Å²) in [5, 5.41) is 12.7. The molecular formula is C11H21NO. The van der Waals surface area contributed by atoms with E-state index < -0.39 is 0 Å². The summed E-state index contributed by atoms with van der Waals surface area (Å²) in [6, 6.07) is 0. The minimum Gasteiger partial charge on any atom is -0.396 e. The molecule has 0 aromatic heterocycles. The lowest BCUT2D eigenvalue weighted by Gasteiger charge is -2.39. The third-order valence-electron chi connectivity index (χ3n) is 3.97. The molecule has 2 fully saturated rings. The summed E-state index contributed by atoms with van der Waals surface area (Å²) < 4.78 is 0. The van der Waals surface area contributed by atoms with E-state index in [0.29, 0.717) is 12.1 Å². The van der Waals surface area contributed by atoms with Crippen molar-refractivity contribution >= 4 is 0 Å². The Balaban J connectivity index is 2.00.